The molecular formula is C18H21Cl. The molecular weight excluding hydrogens is 252 g/mol. The number of hydrogen-bond donors (Lipinski definition) is 0. The molecule has 0 nitrogen and oxygen atoms in total. The summed E-state index contributed by atoms with van der Waals surface area (Å²) in [7, 11) is 0. The molecule has 0 bridgehead atoms. The summed E-state index contributed by atoms with van der Waals surface area (Å²) in [6, 6.07) is 10.6. The van der Waals surface area contributed by atoms with Gasteiger partial charge in [0.1, 0.15) is 0 Å². The standard InChI is InChI=1S/C18H21Cl/c19-18(17-9-5-2-6-10-17)13-11-16(12-14-18)15-7-3-1-4-8-15/h1,3-4,7-8,11-13,17H,2,5-6,9-10,14H2. The Hall–Kier alpha value is -1.01. The molecule has 0 aliphatic heterocycles. The fourth-order valence-electron chi connectivity index (χ4n) is 3.36. The molecule has 0 N–H and O–H groups in total. The fourth-order valence-corrected chi connectivity index (χ4v) is 3.72. The maximum atomic E-state index is 6.88. The van der Waals surface area contributed by atoms with Crippen LogP contribution in [0.25, 0.3) is 5.57 Å². The minimum Gasteiger partial charge on any atom is -0.114 e. The van der Waals surface area contributed by atoms with Gasteiger partial charge in [-0.3, -0.25) is 0 Å². The predicted octanol–water partition coefficient (Wildman–Crippen LogP) is 5.59. The minimum atomic E-state index is -0.126. The number of allylic oxidation sites excluding steroid dienone is 4. The molecule has 0 spiro atoms. The summed E-state index contributed by atoms with van der Waals surface area (Å²) in [6.45, 7) is 0. The predicted molar refractivity (Wildman–Crippen MR) is 83.3 cm³/mol. The average Bonchev–Trinajstić information content (AvgIpc) is 2.50. The third kappa shape index (κ3) is 2.79. The Morgan fingerprint density at radius 3 is 2.37 bits per heavy atom. The summed E-state index contributed by atoms with van der Waals surface area (Å²) in [6.07, 6.45) is 14.4. The van der Waals surface area contributed by atoms with Crippen LogP contribution in [-0.4, -0.2) is 4.87 Å². The quantitative estimate of drug-likeness (QED) is 0.616. The first-order valence-electron chi connectivity index (χ1n) is 7.42. The fraction of sp³-hybridized carbons (Fsp3) is 0.444. The summed E-state index contributed by atoms with van der Waals surface area (Å²) in [5.41, 5.74) is 2.61. The van der Waals surface area contributed by atoms with Gasteiger partial charge in [0.25, 0.3) is 0 Å². The van der Waals surface area contributed by atoms with Gasteiger partial charge in [0.05, 0.1) is 4.87 Å². The largest absolute Gasteiger partial charge is 0.114 e. The maximum Gasteiger partial charge on any atom is 0.0691 e. The second-order valence-corrected chi connectivity index (χ2v) is 6.53. The van der Waals surface area contributed by atoms with E-state index in [4.69, 9.17) is 11.6 Å². The van der Waals surface area contributed by atoms with Crippen molar-refractivity contribution in [3.63, 3.8) is 0 Å². The zero-order valence-corrected chi connectivity index (χ0v) is 12.1. The first-order valence-corrected chi connectivity index (χ1v) is 7.79. The van der Waals surface area contributed by atoms with Gasteiger partial charge in [-0.05, 0) is 36.3 Å². The maximum absolute atomic E-state index is 6.88. The molecule has 1 aromatic rings. The van der Waals surface area contributed by atoms with Gasteiger partial charge >= 0.3 is 0 Å². The van der Waals surface area contributed by atoms with Crippen molar-refractivity contribution in [2.24, 2.45) is 5.92 Å². The van der Waals surface area contributed by atoms with E-state index in [0.717, 1.165) is 6.42 Å². The van der Waals surface area contributed by atoms with Crippen LogP contribution in [0.5, 0.6) is 0 Å². The molecule has 2 aliphatic carbocycles. The number of benzene rings is 1. The highest BCUT2D eigenvalue weighted by Crippen LogP contribution is 2.43. The van der Waals surface area contributed by atoms with Crippen molar-refractivity contribution >= 4 is 17.2 Å². The summed E-state index contributed by atoms with van der Waals surface area (Å²) < 4.78 is 0. The van der Waals surface area contributed by atoms with Crippen molar-refractivity contribution in [2.45, 2.75) is 43.4 Å². The third-order valence-corrected chi connectivity index (χ3v) is 5.15. The second kappa shape index (κ2) is 5.54. The molecule has 100 valence electrons. The van der Waals surface area contributed by atoms with Gasteiger partial charge in [0.2, 0.25) is 0 Å². The van der Waals surface area contributed by atoms with Crippen LogP contribution >= 0.6 is 11.6 Å². The van der Waals surface area contributed by atoms with Crippen molar-refractivity contribution < 1.29 is 0 Å². The summed E-state index contributed by atoms with van der Waals surface area (Å²) >= 11 is 6.88. The van der Waals surface area contributed by atoms with Crippen molar-refractivity contribution in [2.75, 3.05) is 0 Å². The molecule has 0 aromatic heterocycles. The van der Waals surface area contributed by atoms with E-state index in [1.807, 2.05) is 0 Å². The molecule has 1 heteroatoms. The Bertz CT molecular complexity index is 480. The summed E-state index contributed by atoms with van der Waals surface area (Å²) in [4.78, 5) is -0.126. The van der Waals surface area contributed by atoms with Crippen LogP contribution in [0.15, 0.2) is 48.6 Å². The first-order chi connectivity index (χ1) is 9.28. The Morgan fingerprint density at radius 2 is 1.74 bits per heavy atom. The van der Waals surface area contributed by atoms with E-state index in [-0.39, 0.29) is 4.87 Å². The van der Waals surface area contributed by atoms with Crippen molar-refractivity contribution in [3.8, 4) is 0 Å². The monoisotopic (exact) mass is 272 g/mol. The highest BCUT2D eigenvalue weighted by molar-refractivity contribution is 6.26. The third-order valence-electron chi connectivity index (χ3n) is 4.57. The number of alkyl halides is 1. The molecule has 1 unspecified atom stereocenters. The Balaban J connectivity index is 1.74. The molecule has 0 saturated heterocycles. The van der Waals surface area contributed by atoms with Crippen molar-refractivity contribution in [1.82, 2.24) is 0 Å². The highest BCUT2D eigenvalue weighted by Gasteiger charge is 2.35. The van der Waals surface area contributed by atoms with Crippen LogP contribution in [0.2, 0.25) is 0 Å². The van der Waals surface area contributed by atoms with Crippen LogP contribution in [0, 0.1) is 5.92 Å². The molecule has 1 saturated carbocycles. The molecule has 0 heterocycles. The lowest BCUT2D eigenvalue weighted by molar-refractivity contribution is 0.305. The molecule has 0 amide bonds. The van der Waals surface area contributed by atoms with Gasteiger partial charge in [-0.1, -0.05) is 67.8 Å². The number of rotatable bonds is 2. The Kier molecular flexibility index (Phi) is 3.79. The zero-order valence-electron chi connectivity index (χ0n) is 11.3. The van der Waals surface area contributed by atoms with E-state index in [1.54, 1.807) is 0 Å². The molecule has 1 fully saturated rings. The van der Waals surface area contributed by atoms with Crippen LogP contribution in [0.3, 0.4) is 0 Å². The Morgan fingerprint density at radius 1 is 1.00 bits per heavy atom. The number of halogens is 1. The minimum absolute atomic E-state index is 0.126. The number of hydrogen-bond acceptors (Lipinski definition) is 0. The van der Waals surface area contributed by atoms with E-state index >= 15 is 0 Å². The molecule has 19 heavy (non-hydrogen) atoms. The van der Waals surface area contributed by atoms with Crippen molar-refractivity contribution in [1.29, 1.82) is 0 Å². The van der Waals surface area contributed by atoms with Gasteiger partial charge in [-0.2, -0.15) is 0 Å². The topological polar surface area (TPSA) is 0 Å². The van der Waals surface area contributed by atoms with Crippen LogP contribution in [0.4, 0.5) is 0 Å². The van der Waals surface area contributed by atoms with E-state index < -0.39 is 0 Å². The van der Waals surface area contributed by atoms with Crippen LogP contribution in [0.1, 0.15) is 44.1 Å². The van der Waals surface area contributed by atoms with Gasteiger partial charge < -0.3 is 0 Å². The highest BCUT2D eigenvalue weighted by atomic mass is 35.5. The van der Waals surface area contributed by atoms with Crippen LogP contribution in [-0.2, 0) is 0 Å². The smallest absolute Gasteiger partial charge is 0.0691 e. The van der Waals surface area contributed by atoms with Crippen molar-refractivity contribution in [3.05, 3.63) is 54.1 Å². The van der Waals surface area contributed by atoms with E-state index in [1.165, 1.54) is 43.2 Å². The molecule has 1 atom stereocenters. The van der Waals surface area contributed by atoms with Gasteiger partial charge in [0, 0.05) is 0 Å². The molecule has 3 rings (SSSR count). The lowest BCUT2D eigenvalue weighted by Gasteiger charge is -2.36. The molecule has 1 aromatic carbocycles. The van der Waals surface area contributed by atoms with E-state index in [9.17, 15) is 0 Å². The lowest BCUT2D eigenvalue weighted by Crippen LogP contribution is -2.32. The van der Waals surface area contributed by atoms with Gasteiger partial charge in [-0.25, -0.2) is 0 Å². The molecule has 0 radical (unpaired) electrons. The second-order valence-electron chi connectivity index (χ2n) is 5.82. The molecule has 2 aliphatic rings. The van der Waals surface area contributed by atoms with Gasteiger partial charge in [-0.15, -0.1) is 11.6 Å². The normalized spacial score (nSPS) is 28.2. The summed E-state index contributed by atoms with van der Waals surface area (Å²) in [5.74, 6) is 0.660. The summed E-state index contributed by atoms with van der Waals surface area (Å²) in [5, 5.41) is 0. The average molecular weight is 273 g/mol. The Labute approximate surface area is 121 Å². The zero-order chi connectivity index (χ0) is 13.1. The van der Waals surface area contributed by atoms with Gasteiger partial charge in [0.15, 0.2) is 0 Å². The van der Waals surface area contributed by atoms with Crippen LogP contribution < -0.4 is 0 Å². The SMILES string of the molecule is ClC1(C2CCCCC2)C=CC(c2ccccc2)=CC1. The van der Waals surface area contributed by atoms with E-state index in [0.29, 0.717) is 5.92 Å². The first kappa shape index (κ1) is 13.0. The lowest BCUT2D eigenvalue weighted by atomic mass is 9.75. The van der Waals surface area contributed by atoms with E-state index in [2.05, 4.69) is 48.6 Å².